The van der Waals surface area contributed by atoms with Gasteiger partial charge in [0.2, 0.25) is 11.7 Å². The molecule has 3 rings (SSSR count). The van der Waals surface area contributed by atoms with Crippen LogP contribution < -0.4 is 5.32 Å². The predicted molar refractivity (Wildman–Crippen MR) is 77.4 cm³/mol. The first kappa shape index (κ1) is 13.8. The molecule has 0 saturated carbocycles. The Kier molecular flexibility index (Phi) is 3.70. The number of benzene rings is 1. The molecule has 1 atom stereocenters. The van der Waals surface area contributed by atoms with Crippen LogP contribution in [0, 0.1) is 0 Å². The molecule has 1 amide bonds. The fourth-order valence-corrected chi connectivity index (χ4v) is 3.49. The highest BCUT2D eigenvalue weighted by Gasteiger charge is 2.28. The molecule has 1 unspecified atom stereocenters. The lowest BCUT2D eigenvalue weighted by Gasteiger charge is -2.10. The van der Waals surface area contributed by atoms with Crippen molar-refractivity contribution < 1.29 is 19.1 Å². The summed E-state index contributed by atoms with van der Waals surface area (Å²) in [6.07, 6.45) is 0. The molecule has 1 aromatic carbocycles. The zero-order chi connectivity index (χ0) is 14.8. The number of thioether (sulfide) groups is 1. The third-order valence-electron chi connectivity index (χ3n) is 3.33. The quantitative estimate of drug-likeness (QED) is 0.907. The number of fused-ring (bicyclic) bond motifs is 1. The van der Waals surface area contributed by atoms with Gasteiger partial charge in [0.25, 0.3) is 0 Å². The number of amides is 1. The second kappa shape index (κ2) is 5.65. The molecule has 2 heterocycles. The highest BCUT2D eigenvalue weighted by atomic mass is 32.2. The molecule has 1 aliphatic heterocycles. The number of carbonyl (C=O) groups excluding carboxylic acids is 1. The molecule has 1 aliphatic rings. The Hall–Kier alpha value is -2.21. The normalized spacial score (nSPS) is 16.5. The summed E-state index contributed by atoms with van der Waals surface area (Å²) in [5, 5.41) is 11.6. The molecule has 2 N–H and O–H groups in total. The molecule has 108 valence electrons. The van der Waals surface area contributed by atoms with Crippen molar-refractivity contribution in [2.45, 2.75) is 17.4 Å². The summed E-state index contributed by atoms with van der Waals surface area (Å²) in [7, 11) is 0. The minimum Gasteiger partial charge on any atom is -0.475 e. The Labute approximate surface area is 125 Å². The van der Waals surface area contributed by atoms with Gasteiger partial charge in [-0.15, -0.1) is 11.8 Å². The second-order valence-corrected chi connectivity index (χ2v) is 5.75. The van der Waals surface area contributed by atoms with Gasteiger partial charge < -0.3 is 14.8 Å². The number of aromatic carboxylic acids is 1. The van der Waals surface area contributed by atoms with Crippen LogP contribution in [-0.2, 0) is 11.3 Å². The smallest absolute Gasteiger partial charge is 0.371 e. The Morgan fingerprint density at radius 1 is 1.29 bits per heavy atom. The minimum absolute atomic E-state index is 0.0688. The van der Waals surface area contributed by atoms with Crippen LogP contribution in [0.25, 0.3) is 0 Å². The lowest BCUT2D eigenvalue weighted by Crippen LogP contribution is -2.28. The molecule has 0 saturated heterocycles. The molecule has 6 heteroatoms. The average Bonchev–Trinajstić information content (AvgIpc) is 3.11. The maximum absolute atomic E-state index is 12.2. The molecule has 21 heavy (non-hydrogen) atoms. The highest BCUT2D eigenvalue weighted by molar-refractivity contribution is 7.99. The summed E-state index contributed by atoms with van der Waals surface area (Å²) in [6, 6.07) is 10.8. The summed E-state index contributed by atoms with van der Waals surface area (Å²) in [4.78, 5) is 24.1. The maximum atomic E-state index is 12.2. The third kappa shape index (κ3) is 2.80. The number of furan rings is 1. The van der Waals surface area contributed by atoms with E-state index < -0.39 is 5.97 Å². The van der Waals surface area contributed by atoms with Crippen molar-refractivity contribution in [3.8, 4) is 0 Å². The third-order valence-corrected chi connectivity index (χ3v) is 4.51. The molecule has 0 radical (unpaired) electrons. The number of rotatable bonds is 4. The van der Waals surface area contributed by atoms with Crippen molar-refractivity contribution in [1.29, 1.82) is 0 Å². The SMILES string of the molecule is O=C(O)c1ccc(CNC(=O)C2CSc3ccccc32)o1. The van der Waals surface area contributed by atoms with E-state index in [1.807, 2.05) is 24.3 Å². The number of carbonyl (C=O) groups is 2. The zero-order valence-corrected chi connectivity index (χ0v) is 11.9. The molecule has 0 aliphatic carbocycles. The van der Waals surface area contributed by atoms with Gasteiger partial charge in [0.15, 0.2) is 0 Å². The number of carboxylic acid groups (broad SMARTS) is 1. The monoisotopic (exact) mass is 303 g/mol. The number of carboxylic acids is 1. The van der Waals surface area contributed by atoms with Crippen LogP contribution in [0.15, 0.2) is 45.7 Å². The van der Waals surface area contributed by atoms with Gasteiger partial charge >= 0.3 is 5.97 Å². The van der Waals surface area contributed by atoms with Crippen LogP contribution in [0.2, 0.25) is 0 Å². The zero-order valence-electron chi connectivity index (χ0n) is 11.0. The maximum Gasteiger partial charge on any atom is 0.371 e. The van der Waals surface area contributed by atoms with Crippen LogP contribution in [0.3, 0.4) is 0 Å². The number of hydrogen-bond donors (Lipinski definition) is 2. The standard InChI is InChI=1S/C15H13NO4S/c17-14(11-8-21-13-4-2-1-3-10(11)13)16-7-9-5-6-12(20-9)15(18)19/h1-6,11H,7-8H2,(H,16,17)(H,18,19). The first-order valence-electron chi connectivity index (χ1n) is 6.46. The largest absolute Gasteiger partial charge is 0.475 e. The fourth-order valence-electron chi connectivity index (χ4n) is 2.26. The Bertz CT molecular complexity index is 694. The summed E-state index contributed by atoms with van der Waals surface area (Å²) in [5.41, 5.74) is 1.05. The van der Waals surface area contributed by atoms with E-state index in [0.29, 0.717) is 5.76 Å². The van der Waals surface area contributed by atoms with E-state index in [-0.39, 0.29) is 24.1 Å². The summed E-state index contributed by atoms with van der Waals surface area (Å²) in [5.74, 6) is -0.320. The van der Waals surface area contributed by atoms with Crippen LogP contribution in [-0.4, -0.2) is 22.7 Å². The van der Waals surface area contributed by atoms with Crippen LogP contribution >= 0.6 is 11.8 Å². The van der Waals surface area contributed by atoms with E-state index in [4.69, 9.17) is 9.52 Å². The van der Waals surface area contributed by atoms with Gasteiger partial charge in [0.1, 0.15) is 5.76 Å². The fraction of sp³-hybridized carbons (Fsp3) is 0.200. The molecule has 0 spiro atoms. The van der Waals surface area contributed by atoms with Gasteiger partial charge in [-0.25, -0.2) is 4.79 Å². The lowest BCUT2D eigenvalue weighted by molar-refractivity contribution is -0.122. The van der Waals surface area contributed by atoms with Crippen molar-refractivity contribution in [3.63, 3.8) is 0 Å². The van der Waals surface area contributed by atoms with E-state index in [0.717, 1.165) is 16.2 Å². The van der Waals surface area contributed by atoms with E-state index in [9.17, 15) is 9.59 Å². The topological polar surface area (TPSA) is 79.5 Å². The molecule has 0 bridgehead atoms. The minimum atomic E-state index is -1.12. The van der Waals surface area contributed by atoms with Crippen LogP contribution in [0.5, 0.6) is 0 Å². The van der Waals surface area contributed by atoms with Gasteiger partial charge in [-0.1, -0.05) is 18.2 Å². The first-order valence-corrected chi connectivity index (χ1v) is 7.45. The Balaban J connectivity index is 1.63. The van der Waals surface area contributed by atoms with Crippen molar-refractivity contribution in [2.24, 2.45) is 0 Å². The molecule has 5 nitrogen and oxygen atoms in total. The van der Waals surface area contributed by atoms with Crippen LogP contribution in [0.4, 0.5) is 0 Å². The second-order valence-electron chi connectivity index (χ2n) is 4.69. The van der Waals surface area contributed by atoms with Gasteiger partial charge in [-0.2, -0.15) is 0 Å². The molecule has 2 aromatic rings. The summed E-state index contributed by atoms with van der Waals surface area (Å²) >= 11 is 1.67. The van der Waals surface area contributed by atoms with Gasteiger partial charge in [-0.3, -0.25) is 4.79 Å². The predicted octanol–water partition coefficient (Wildman–Crippen LogP) is 2.48. The van der Waals surface area contributed by atoms with E-state index in [1.165, 1.54) is 6.07 Å². The van der Waals surface area contributed by atoms with E-state index >= 15 is 0 Å². The summed E-state index contributed by atoms with van der Waals surface area (Å²) in [6.45, 7) is 0.190. The van der Waals surface area contributed by atoms with Crippen molar-refractivity contribution in [3.05, 3.63) is 53.5 Å². The molecular formula is C15H13NO4S. The van der Waals surface area contributed by atoms with Crippen molar-refractivity contribution in [2.75, 3.05) is 5.75 Å². The summed E-state index contributed by atoms with van der Waals surface area (Å²) < 4.78 is 5.11. The average molecular weight is 303 g/mol. The van der Waals surface area contributed by atoms with Crippen molar-refractivity contribution >= 4 is 23.6 Å². The van der Waals surface area contributed by atoms with Crippen molar-refractivity contribution in [1.82, 2.24) is 5.32 Å². The van der Waals surface area contributed by atoms with Gasteiger partial charge in [0, 0.05) is 10.6 Å². The lowest BCUT2D eigenvalue weighted by atomic mass is 10.0. The van der Waals surface area contributed by atoms with Gasteiger partial charge in [0.05, 0.1) is 12.5 Å². The highest BCUT2D eigenvalue weighted by Crippen LogP contribution is 2.39. The van der Waals surface area contributed by atoms with E-state index in [2.05, 4.69) is 5.32 Å². The Morgan fingerprint density at radius 3 is 2.86 bits per heavy atom. The molecule has 1 aromatic heterocycles. The Morgan fingerprint density at radius 2 is 2.10 bits per heavy atom. The number of hydrogen-bond acceptors (Lipinski definition) is 4. The van der Waals surface area contributed by atoms with E-state index in [1.54, 1.807) is 17.8 Å². The number of nitrogens with one attached hydrogen (secondary N) is 1. The first-order chi connectivity index (χ1) is 10.1. The van der Waals surface area contributed by atoms with Crippen LogP contribution in [0.1, 0.15) is 27.8 Å². The molecular weight excluding hydrogens is 290 g/mol. The van der Waals surface area contributed by atoms with Gasteiger partial charge in [-0.05, 0) is 23.8 Å². The molecule has 0 fully saturated rings.